The first-order chi connectivity index (χ1) is 6.13. The third-order valence-electron chi connectivity index (χ3n) is 1.26. The third kappa shape index (κ3) is 4.25. The third-order valence-corrected chi connectivity index (χ3v) is 1.26. The first kappa shape index (κ1) is 11.6. The highest BCUT2D eigenvalue weighted by atomic mass is 14.7. The molecule has 3 nitrogen and oxygen atoms in total. The first-order valence-corrected chi connectivity index (χ1v) is 4.38. The van der Waals surface area contributed by atoms with Crippen molar-refractivity contribution in [1.82, 2.24) is 4.98 Å². The van der Waals surface area contributed by atoms with Crippen molar-refractivity contribution in [3.63, 3.8) is 0 Å². The minimum atomic E-state index is 0.450. The highest BCUT2D eigenvalue weighted by Gasteiger charge is 1.97. The molecular weight excluding hydrogens is 162 g/mol. The molecular formula is C10H17N3. The van der Waals surface area contributed by atoms with Crippen molar-refractivity contribution in [3.8, 4) is 0 Å². The molecule has 13 heavy (non-hydrogen) atoms. The van der Waals surface area contributed by atoms with Gasteiger partial charge in [-0.1, -0.05) is 20.3 Å². The second-order valence-electron chi connectivity index (χ2n) is 2.80. The normalized spacial score (nSPS) is 8.54. The lowest BCUT2D eigenvalue weighted by molar-refractivity contribution is 1.09. The van der Waals surface area contributed by atoms with Crippen LogP contribution in [0.25, 0.3) is 0 Å². The molecule has 3 heteroatoms. The van der Waals surface area contributed by atoms with E-state index in [-0.39, 0.29) is 0 Å². The van der Waals surface area contributed by atoms with Gasteiger partial charge in [0.1, 0.15) is 0 Å². The largest absolute Gasteiger partial charge is 0.398 e. The molecule has 0 aliphatic carbocycles. The average Bonchev–Trinajstić information content (AvgIpc) is 2.06. The molecule has 0 radical (unpaired) electrons. The summed E-state index contributed by atoms with van der Waals surface area (Å²) >= 11 is 0. The summed E-state index contributed by atoms with van der Waals surface area (Å²) in [5.41, 5.74) is 7.31. The number of rotatable bonds is 1. The van der Waals surface area contributed by atoms with Crippen LogP contribution in [0, 0.1) is 5.41 Å². The van der Waals surface area contributed by atoms with Crippen LogP contribution in [-0.4, -0.2) is 10.7 Å². The van der Waals surface area contributed by atoms with Crippen LogP contribution >= 0.6 is 0 Å². The van der Waals surface area contributed by atoms with Crippen molar-refractivity contribution < 1.29 is 0 Å². The summed E-state index contributed by atoms with van der Waals surface area (Å²) in [6, 6.07) is 1.69. The summed E-state index contributed by atoms with van der Waals surface area (Å²) in [6.45, 7) is 5.94. The van der Waals surface area contributed by atoms with Gasteiger partial charge < -0.3 is 11.1 Å². The zero-order chi connectivity index (χ0) is 10.3. The van der Waals surface area contributed by atoms with Gasteiger partial charge in [-0.05, 0) is 13.0 Å². The molecule has 72 valence electrons. The van der Waals surface area contributed by atoms with Gasteiger partial charge in [0, 0.05) is 29.4 Å². The van der Waals surface area contributed by atoms with Crippen molar-refractivity contribution in [3.05, 3.63) is 24.0 Å². The number of hydrogen-bond donors (Lipinski definition) is 2. The molecule has 1 rings (SSSR count). The number of nitrogens with zero attached hydrogens (tertiary/aromatic N) is 1. The lowest BCUT2D eigenvalue weighted by atomic mass is 10.2. The number of nitrogens with two attached hydrogens (primary N) is 1. The number of anilines is 1. The molecule has 0 amide bonds. The van der Waals surface area contributed by atoms with Crippen molar-refractivity contribution in [2.24, 2.45) is 0 Å². The molecule has 0 saturated carbocycles. The summed E-state index contributed by atoms with van der Waals surface area (Å²) in [5.74, 6) is 0. The Hall–Kier alpha value is -1.38. The molecule has 0 aliphatic heterocycles. The monoisotopic (exact) mass is 179 g/mol. The predicted octanol–water partition coefficient (Wildman–Crippen LogP) is 2.47. The Morgan fingerprint density at radius 1 is 1.54 bits per heavy atom. The SMILES string of the molecule is CC(=N)c1cnccc1N.CCC. The van der Waals surface area contributed by atoms with Gasteiger partial charge in [0.05, 0.1) is 0 Å². The summed E-state index contributed by atoms with van der Waals surface area (Å²) < 4.78 is 0. The Kier molecular flexibility index (Phi) is 5.52. The van der Waals surface area contributed by atoms with Gasteiger partial charge >= 0.3 is 0 Å². The number of pyridine rings is 1. The van der Waals surface area contributed by atoms with E-state index in [1.54, 1.807) is 25.4 Å². The van der Waals surface area contributed by atoms with E-state index in [9.17, 15) is 0 Å². The fraction of sp³-hybridized carbons (Fsp3) is 0.400. The summed E-state index contributed by atoms with van der Waals surface area (Å²) in [7, 11) is 0. The maximum atomic E-state index is 7.26. The zero-order valence-corrected chi connectivity index (χ0v) is 8.46. The Balaban J connectivity index is 0.000000424. The van der Waals surface area contributed by atoms with Gasteiger partial charge in [-0.25, -0.2) is 0 Å². The molecule has 1 aromatic rings. The second-order valence-corrected chi connectivity index (χ2v) is 2.80. The highest BCUT2D eigenvalue weighted by molar-refractivity contribution is 6.00. The molecule has 0 aliphatic rings. The van der Waals surface area contributed by atoms with E-state index < -0.39 is 0 Å². The molecule has 0 saturated heterocycles. The van der Waals surface area contributed by atoms with E-state index in [0.29, 0.717) is 17.0 Å². The molecule has 0 fully saturated rings. The van der Waals surface area contributed by atoms with Crippen molar-refractivity contribution in [2.45, 2.75) is 27.2 Å². The number of aromatic nitrogens is 1. The van der Waals surface area contributed by atoms with Crippen LogP contribution in [-0.2, 0) is 0 Å². The van der Waals surface area contributed by atoms with Crippen molar-refractivity contribution in [1.29, 1.82) is 5.41 Å². The van der Waals surface area contributed by atoms with E-state index in [4.69, 9.17) is 11.1 Å². The van der Waals surface area contributed by atoms with Crippen LogP contribution < -0.4 is 5.73 Å². The van der Waals surface area contributed by atoms with Crippen LogP contribution in [0.3, 0.4) is 0 Å². The molecule has 1 aromatic heterocycles. The summed E-state index contributed by atoms with van der Waals surface area (Å²) in [6.07, 6.45) is 4.46. The molecule has 0 atom stereocenters. The van der Waals surface area contributed by atoms with Crippen LogP contribution in [0.15, 0.2) is 18.5 Å². The first-order valence-electron chi connectivity index (χ1n) is 4.38. The van der Waals surface area contributed by atoms with Crippen LogP contribution in [0.4, 0.5) is 5.69 Å². The fourth-order valence-electron chi connectivity index (χ4n) is 0.719. The number of hydrogen-bond acceptors (Lipinski definition) is 3. The van der Waals surface area contributed by atoms with Crippen LogP contribution in [0.5, 0.6) is 0 Å². The van der Waals surface area contributed by atoms with Gasteiger partial charge in [0.25, 0.3) is 0 Å². The molecule has 1 heterocycles. The van der Waals surface area contributed by atoms with E-state index in [0.717, 1.165) is 0 Å². The number of nitrogens with one attached hydrogen (secondary N) is 1. The highest BCUT2D eigenvalue weighted by Crippen LogP contribution is 2.07. The van der Waals surface area contributed by atoms with E-state index >= 15 is 0 Å². The van der Waals surface area contributed by atoms with Gasteiger partial charge in [-0.15, -0.1) is 0 Å². The maximum Gasteiger partial charge on any atom is 0.0436 e. The lowest BCUT2D eigenvalue weighted by Crippen LogP contribution is -1.99. The minimum Gasteiger partial charge on any atom is -0.398 e. The fourth-order valence-corrected chi connectivity index (χ4v) is 0.719. The van der Waals surface area contributed by atoms with Gasteiger partial charge in [-0.3, -0.25) is 4.98 Å². The summed E-state index contributed by atoms with van der Waals surface area (Å²) in [4.78, 5) is 3.85. The van der Waals surface area contributed by atoms with E-state index in [1.807, 2.05) is 0 Å². The topological polar surface area (TPSA) is 62.8 Å². The lowest BCUT2D eigenvalue weighted by Gasteiger charge is -1.99. The second kappa shape index (κ2) is 6.17. The van der Waals surface area contributed by atoms with Gasteiger partial charge in [0.15, 0.2) is 0 Å². The van der Waals surface area contributed by atoms with Crippen LogP contribution in [0.1, 0.15) is 32.8 Å². The predicted molar refractivity (Wildman–Crippen MR) is 57.1 cm³/mol. The quantitative estimate of drug-likeness (QED) is 0.650. The Morgan fingerprint density at radius 3 is 2.38 bits per heavy atom. The molecule has 0 bridgehead atoms. The molecule has 0 spiro atoms. The minimum absolute atomic E-state index is 0.450. The summed E-state index contributed by atoms with van der Waals surface area (Å²) in [5, 5.41) is 7.26. The Labute approximate surface area is 79.5 Å². The van der Waals surface area contributed by atoms with Crippen molar-refractivity contribution in [2.75, 3.05) is 5.73 Å². The molecule has 0 unspecified atom stereocenters. The standard InChI is InChI=1S/C7H9N3.C3H8/c1-5(8)6-4-10-3-2-7(6)9;1-3-2/h2-4,8H,1H3,(H2,9,10);3H2,1-2H3. The Morgan fingerprint density at radius 2 is 2.08 bits per heavy atom. The van der Waals surface area contributed by atoms with Gasteiger partial charge in [0.2, 0.25) is 0 Å². The van der Waals surface area contributed by atoms with Crippen molar-refractivity contribution >= 4 is 11.4 Å². The molecule has 0 aromatic carbocycles. The Bertz CT molecular complexity index is 269. The van der Waals surface area contributed by atoms with E-state index in [1.165, 1.54) is 6.42 Å². The average molecular weight is 179 g/mol. The molecule has 3 N–H and O–H groups in total. The zero-order valence-electron chi connectivity index (χ0n) is 8.46. The number of nitrogen functional groups attached to an aromatic ring is 1. The van der Waals surface area contributed by atoms with Gasteiger partial charge in [-0.2, -0.15) is 0 Å². The maximum absolute atomic E-state index is 7.26. The van der Waals surface area contributed by atoms with E-state index in [2.05, 4.69) is 18.8 Å². The van der Waals surface area contributed by atoms with Crippen LogP contribution in [0.2, 0.25) is 0 Å². The smallest absolute Gasteiger partial charge is 0.0436 e.